The maximum atomic E-state index is 4.37. The number of rotatable bonds is 4. The number of hydrogen-bond acceptors (Lipinski definition) is 3. The van der Waals surface area contributed by atoms with E-state index < -0.39 is 0 Å². The third-order valence-electron chi connectivity index (χ3n) is 2.72. The fourth-order valence-electron chi connectivity index (χ4n) is 1.72. The van der Waals surface area contributed by atoms with Crippen LogP contribution in [0.25, 0.3) is 0 Å². The second kappa shape index (κ2) is 5.55. The van der Waals surface area contributed by atoms with Crippen molar-refractivity contribution >= 4 is 0 Å². The van der Waals surface area contributed by atoms with Crippen molar-refractivity contribution < 1.29 is 0 Å². The van der Waals surface area contributed by atoms with Crippen molar-refractivity contribution in [1.29, 1.82) is 0 Å². The molecule has 0 saturated carbocycles. The summed E-state index contributed by atoms with van der Waals surface area (Å²) in [6.45, 7) is 4.83. The minimum absolute atomic E-state index is 0.325. The quantitative estimate of drug-likeness (QED) is 0.872. The lowest BCUT2D eigenvalue weighted by atomic mass is 10.1. The van der Waals surface area contributed by atoms with Crippen molar-refractivity contribution in [2.24, 2.45) is 0 Å². The molecule has 0 aliphatic carbocycles. The van der Waals surface area contributed by atoms with E-state index in [-0.39, 0.29) is 0 Å². The molecule has 0 aliphatic rings. The molecule has 0 aliphatic heterocycles. The molecule has 2 rings (SSSR count). The van der Waals surface area contributed by atoms with E-state index in [1.165, 1.54) is 5.56 Å². The van der Waals surface area contributed by atoms with Crippen LogP contribution in [0.2, 0.25) is 0 Å². The first-order valence-corrected chi connectivity index (χ1v) is 5.82. The summed E-state index contributed by atoms with van der Waals surface area (Å²) in [5, 5.41) is 3.45. The Balaban J connectivity index is 1.95. The van der Waals surface area contributed by atoms with Crippen molar-refractivity contribution in [3.8, 4) is 0 Å². The Bertz CT molecular complexity index is 468. The molecule has 1 N–H and O–H groups in total. The maximum absolute atomic E-state index is 4.37. The van der Waals surface area contributed by atoms with Crippen LogP contribution >= 0.6 is 0 Å². The summed E-state index contributed by atoms with van der Waals surface area (Å²) >= 11 is 0. The summed E-state index contributed by atoms with van der Waals surface area (Å²) in [6.07, 6.45) is 1.80. The van der Waals surface area contributed by atoms with Gasteiger partial charge in [0.1, 0.15) is 5.82 Å². The van der Waals surface area contributed by atoms with Gasteiger partial charge in [0.15, 0.2) is 0 Å². The highest BCUT2D eigenvalue weighted by Gasteiger charge is 2.04. The van der Waals surface area contributed by atoms with Crippen LogP contribution in [0.4, 0.5) is 0 Å². The molecule has 0 fully saturated rings. The molecule has 0 amide bonds. The zero-order valence-corrected chi connectivity index (χ0v) is 10.2. The van der Waals surface area contributed by atoms with Crippen molar-refractivity contribution in [3.05, 3.63) is 59.7 Å². The molecule has 1 unspecified atom stereocenters. The average molecular weight is 227 g/mol. The van der Waals surface area contributed by atoms with E-state index in [1.54, 1.807) is 6.20 Å². The first-order chi connectivity index (χ1) is 8.25. The first-order valence-electron chi connectivity index (χ1n) is 5.82. The van der Waals surface area contributed by atoms with Gasteiger partial charge >= 0.3 is 0 Å². The summed E-state index contributed by atoms with van der Waals surface area (Å²) in [6, 6.07) is 12.7. The summed E-state index contributed by atoms with van der Waals surface area (Å²) < 4.78 is 0. The Labute approximate surface area is 102 Å². The number of aromatic nitrogens is 2. The van der Waals surface area contributed by atoms with Gasteiger partial charge in [0, 0.05) is 18.8 Å². The number of aryl methyl sites for hydroxylation is 1. The van der Waals surface area contributed by atoms with E-state index in [0.717, 1.165) is 18.1 Å². The Morgan fingerprint density at radius 3 is 2.65 bits per heavy atom. The van der Waals surface area contributed by atoms with E-state index in [1.807, 2.05) is 19.1 Å². The van der Waals surface area contributed by atoms with E-state index in [2.05, 4.69) is 46.5 Å². The van der Waals surface area contributed by atoms with Gasteiger partial charge in [0.2, 0.25) is 0 Å². The molecule has 1 heterocycles. The molecule has 1 atom stereocenters. The molecule has 2 aromatic rings. The third-order valence-corrected chi connectivity index (χ3v) is 2.72. The average Bonchev–Trinajstić information content (AvgIpc) is 2.37. The Kier molecular flexibility index (Phi) is 3.83. The Hall–Kier alpha value is -1.74. The zero-order valence-electron chi connectivity index (χ0n) is 10.2. The van der Waals surface area contributed by atoms with Gasteiger partial charge in [0.25, 0.3) is 0 Å². The third kappa shape index (κ3) is 3.36. The molecule has 0 bridgehead atoms. The van der Waals surface area contributed by atoms with Crippen molar-refractivity contribution in [2.75, 3.05) is 0 Å². The highest BCUT2D eigenvalue weighted by Crippen LogP contribution is 2.11. The maximum Gasteiger partial charge on any atom is 0.125 e. The number of nitrogens with zero attached hydrogens (tertiary/aromatic N) is 2. The molecular weight excluding hydrogens is 210 g/mol. The van der Waals surface area contributed by atoms with Gasteiger partial charge in [-0.25, -0.2) is 9.97 Å². The van der Waals surface area contributed by atoms with Crippen molar-refractivity contribution in [2.45, 2.75) is 26.4 Å². The minimum atomic E-state index is 0.325. The van der Waals surface area contributed by atoms with Crippen LogP contribution in [-0.4, -0.2) is 9.97 Å². The molecule has 1 aromatic carbocycles. The van der Waals surface area contributed by atoms with Gasteiger partial charge in [0.05, 0.1) is 5.69 Å². The number of nitrogens with one attached hydrogen (secondary N) is 1. The fraction of sp³-hybridized carbons (Fsp3) is 0.286. The van der Waals surface area contributed by atoms with Crippen LogP contribution in [0.5, 0.6) is 0 Å². The highest BCUT2D eigenvalue weighted by molar-refractivity contribution is 5.18. The largest absolute Gasteiger partial charge is 0.305 e. The molecule has 1 aromatic heterocycles. The topological polar surface area (TPSA) is 37.8 Å². The lowest BCUT2D eigenvalue weighted by Gasteiger charge is -2.13. The lowest BCUT2D eigenvalue weighted by molar-refractivity contribution is 0.566. The zero-order chi connectivity index (χ0) is 12.1. The van der Waals surface area contributed by atoms with E-state index in [4.69, 9.17) is 0 Å². The van der Waals surface area contributed by atoms with Crippen molar-refractivity contribution in [3.63, 3.8) is 0 Å². The summed E-state index contributed by atoms with van der Waals surface area (Å²) in [7, 11) is 0. The SMILES string of the molecule is Cc1nccc(CNC(C)c2ccccc2)n1. The van der Waals surface area contributed by atoms with Gasteiger partial charge in [-0.3, -0.25) is 0 Å². The van der Waals surface area contributed by atoms with Crippen LogP contribution in [0.15, 0.2) is 42.6 Å². The van der Waals surface area contributed by atoms with Crippen molar-refractivity contribution in [1.82, 2.24) is 15.3 Å². The second-order valence-electron chi connectivity index (χ2n) is 4.11. The van der Waals surface area contributed by atoms with Gasteiger partial charge in [-0.1, -0.05) is 30.3 Å². The Morgan fingerprint density at radius 2 is 1.94 bits per heavy atom. The van der Waals surface area contributed by atoms with Gasteiger partial charge in [-0.2, -0.15) is 0 Å². The van der Waals surface area contributed by atoms with Crippen LogP contribution < -0.4 is 5.32 Å². The van der Waals surface area contributed by atoms with Crippen LogP contribution in [0, 0.1) is 6.92 Å². The lowest BCUT2D eigenvalue weighted by Crippen LogP contribution is -2.18. The van der Waals surface area contributed by atoms with Gasteiger partial charge < -0.3 is 5.32 Å². The second-order valence-corrected chi connectivity index (χ2v) is 4.11. The summed E-state index contributed by atoms with van der Waals surface area (Å²) in [5.41, 5.74) is 2.32. The van der Waals surface area contributed by atoms with Crippen LogP contribution in [0.3, 0.4) is 0 Å². The molecule has 0 radical (unpaired) electrons. The first kappa shape index (κ1) is 11.7. The smallest absolute Gasteiger partial charge is 0.125 e. The number of hydrogen-bond donors (Lipinski definition) is 1. The Morgan fingerprint density at radius 1 is 1.18 bits per heavy atom. The summed E-state index contributed by atoms with van der Waals surface area (Å²) in [4.78, 5) is 8.45. The molecule has 88 valence electrons. The van der Waals surface area contributed by atoms with Gasteiger partial charge in [-0.15, -0.1) is 0 Å². The summed E-state index contributed by atoms with van der Waals surface area (Å²) in [5.74, 6) is 0.816. The molecule has 3 nitrogen and oxygen atoms in total. The van der Waals surface area contributed by atoms with E-state index in [9.17, 15) is 0 Å². The molecule has 17 heavy (non-hydrogen) atoms. The van der Waals surface area contributed by atoms with E-state index in [0.29, 0.717) is 6.04 Å². The fourth-order valence-corrected chi connectivity index (χ4v) is 1.72. The monoisotopic (exact) mass is 227 g/mol. The van der Waals surface area contributed by atoms with E-state index >= 15 is 0 Å². The predicted molar refractivity (Wildman–Crippen MR) is 68.5 cm³/mol. The number of benzene rings is 1. The minimum Gasteiger partial charge on any atom is -0.305 e. The van der Waals surface area contributed by atoms with Crippen LogP contribution in [0.1, 0.15) is 30.0 Å². The predicted octanol–water partition coefficient (Wildman–Crippen LogP) is 2.64. The normalized spacial score (nSPS) is 12.4. The van der Waals surface area contributed by atoms with Crippen LogP contribution in [-0.2, 0) is 6.54 Å². The standard InChI is InChI=1S/C14H17N3/c1-11(13-6-4-3-5-7-13)16-10-14-8-9-15-12(2)17-14/h3-9,11,16H,10H2,1-2H3. The molecule has 0 saturated heterocycles. The molecule has 0 spiro atoms. The molecular formula is C14H17N3. The molecule has 3 heteroatoms. The highest BCUT2D eigenvalue weighted by atomic mass is 14.9. The van der Waals surface area contributed by atoms with Gasteiger partial charge in [-0.05, 0) is 25.5 Å².